The molecule has 1 amide bonds. The van der Waals surface area contributed by atoms with Crippen molar-refractivity contribution in [3.63, 3.8) is 0 Å². The molecule has 39 heavy (non-hydrogen) atoms. The van der Waals surface area contributed by atoms with Gasteiger partial charge in [0.2, 0.25) is 10.9 Å². The van der Waals surface area contributed by atoms with Crippen LogP contribution < -0.4 is 19.5 Å². The summed E-state index contributed by atoms with van der Waals surface area (Å²) in [4.78, 5) is 21.3. The third kappa shape index (κ3) is 4.84. The smallest absolute Gasteiger partial charge is 0.294 e. The van der Waals surface area contributed by atoms with Crippen molar-refractivity contribution in [1.29, 1.82) is 0 Å². The van der Waals surface area contributed by atoms with Crippen LogP contribution in [0.3, 0.4) is 0 Å². The van der Waals surface area contributed by atoms with Gasteiger partial charge in [0.1, 0.15) is 29.4 Å². The molecular weight excluding hydrogens is 525 g/mol. The molecule has 196 valence electrons. The molecule has 0 atom stereocenters. The normalized spacial score (nSPS) is 11.2. The van der Waals surface area contributed by atoms with Gasteiger partial charge in [0, 0.05) is 24.0 Å². The molecule has 6 rings (SSSR count). The van der Waals surface area contributed by atoms with Gasteiger partial charge in [-0.2, -0.15) is 4.39 Å². The number of pyridine rings is 1. The number of carbonyl (C=O) groups is 1. The third-order valence-corrected chi connectivity index (χ3v) is 6.73. The van der Waals surface area contributed by atoms with Crippen molar-refractivity contribution in [2.45, 2.75) is 6.61 Å². The van der Waals surface area contributed by atoms with Crippen molar-refractivity contribution >= 4 is 38.9 Å². The molecule has 0 spiro atoms. The number of carbonyl (C=O) groups excluding carboxylic acids is 1. The number of hydrogen-bond donors (Lipinski definition) is 1. The second-order valence-corrected chi connectivity index (χ2v) is 9.28. The molecule has 4 heterocycles. The first-order valence-corrected chi connectivity index (χ1v) is 12.5. The number of methoxy groups -OCH3 is 2. The van der Waals surface area contributed by atoms with Crippen molar-refractivity contribution in [3.8, 4) is 28.1 Å². The van der Waals surface area contributed by atoms with Crippen LogP contribution in [0.4, 0.5) is 10.1 Å². The molecule has 12 heteroatoms. The fraction of sp³-hybridized carbons (Fsp3) is 0.111. The highest BCUT2D eigenvalue weighted by Crippen LogP contribution is 2.37. The summed E-state index contributed by atoms with van der Waals surface area (Å²) >= 11 is 1.32. The zero-order valence-corrected chi connectivity index (χ0v) is 21.5. The van der Waals surface area contributed by atoms with E-state index in [9.17, 15) is 9.18 Å². The van der Waals surface area contributed by atoms with Crippen LogP contribution in [-0.2, 0) is 6.61 Å². The molecule has 4 aromatic heterocycles. The number of ether oxygens (including phenoxy) is 3. The molecule has 0 aliphatic heterocycles. The van der Waals surface area contributed by atoms with E-state index >= 15 is 0 Å². The van der Waals surface area contributed by atoms with E-state index in [1.165, 1.54) is 29.7 Å². The number of imidazole rings is 1. The number of hydrogen-bond acceptors (Lipinski definition) is 9. The number of nitrogens with zero attached hydrogens (tertiary/aromatic N) is 4. The summed E-state index contributed by atoms with van der Waals surface area (Å²) in [5.41, 5.74) is 2.33. The summed E-state index contributed by atoms with van der Waals surface area (Å²) in [7, 11) is 3.12. The molecule has 0 unspecified atom stereocenters. The highest BCUT2D eigenvalue weighted by molar-refractivity contribution is 7.18. The van der Waals surface area contributed by atoms with E-state index in [0.29, 0.717) is 44.4 Å². The van der Waals surface area contributed by atoms with Gasteiger partial charge in [0.25, 0.3) is 11.1 Å². The van der Waals surface area contributed by atoms with E-state index < -0.39 is 11.9 Å². The Bertz CT molecular complexity index is 1800. The Hall–Kier alpha value is -4.97. The van der Waals surface area contributed by atoms with Crippen LogP contribution in [0.5, 0.6) is 16.7 Å². The first-order chi connectivity index (χ1) is 19.0. The van der Waals surface area contributed by atoms with Gasteiger partial charge in [-0.3, -0.25) is 4.79 Å². The Morgan fingerprint density at radius 3 is 2.82 bits per heavy atom. The summed E-state index contributed by atoms with van der Waals surface area (Å²) in [5.74, 6) is 0.239. The molecule has 1 N–H and O–H groups in total. The molecule has 0 fully saturated rings. The van der Waals surface area contributed by atoms with Gasteiger partial charge in [-0.1, -0.05) is 12.1 Å². The van der Waals surface area contributed by atoms with Gasteiger partial charge in [-0.15, -0.1) is 5.10 Å². The maximum atomic E-state index is 13.9. The average molecular weight is 546 g/mol. The zero-order valence-electron chi connectivity index (χ0n) is 20.7. The second-order valence-electron chi connectivity index (χ2n) is 8.36. The maximum absolute atomic E-state index is 13.9. The standard InChI is InChI=1S/C27H20FN5O5S/c1-35-17-10-21(19-12-23(38-22(19)11-17)20-13-33-26(31-20)39-27(32-33)36-2)37-14-15-5-3-6-16(9-15)30-25(34)18-7-4-8-29-24(18)28/h3-13H,14H2,1-2H3,(H,30,34). The topological polar surface area (TPSA) is 113 Å². The number of nitrogens with one attached hydrogen (secondary N) is 1. The Kier molecular flexibility index (Phi) is 6.29. The van der Waals surface area contributed by atoms with E-state index in [1.54, 1.807) is 55.3 Å². The number of anilines is 1. The van der Waals surface area contributed by atoms with Gasteiger partial charge < -0.3 is 23.9 Å². The molecule has 0 radical (unpaired) electrons. The van der Waals surface area contributed by atoms with Crippen LogP contribution in [0.2, 0.25) is 0 Å². The predicted octanol–water partition coefficient (Wildman–Crippen LogP) is 5.59. The maximum Gasteiger partial charge on any atom is 0.294 e. The summed E-state index contributed by atoms with van der Waals surface area (Å²) in [6.07, 6.45) is 3.05. The fourth-order valence-corrected chi connectivity index (χ4v) is 4.68. The van der Waals surface area contributed by atoms with Crippen molar-refractivity contribution in [2.24, 2.45) is 0 Å². The van der Waals surface area contributed by atoms with Gasteiger partial charge >= 0.3 is 0 Å². The van der Waals surface area contributed by atoms with Crippen LogP contribution in [0.25, 0.3) is 27.4 Å². The summed E-state index contributed by atoms with van der Waals surface area (Å²) < 4.78 is 38.4. The molecule has 10 nitrogen and oxygen atoms in total. The van der Waals surface area contributed by atoms with Crippen LogP contribution >= 0.6 is 11.3 Å². The minimum absolute atomic E-state index is 0.138. The minimum atomic E-state index is -0.831. The lowest BCUT2D eigenvalue weighted by Gasteiger charge is -2.11. The molecule has 0 aliphatic rings. The number of benzene rings is 2. The van der Waals surface area contributed by atoms with Crippen molar-refractivity contribution < 1.29 is 27.8 Å². The Morgan fingerprint density at radius 1 is 1.13 bits per heavy atom. The van der Waals surface area contributed by atoms with Crippen LogP contribution in [-0.4, -0.2) is 39.7 Å². The molecule has 0 aliphatic carbocycles. The molecule has 0 saturated carbocycles. The van der Waals surface area contributed by atoms with Crippen LogP contribution in [0, 0.1) is 5.95 Å². The SMILES string of the molecule is COc1cc(OCc2cccc(NC(=O)c3cccnc3F)c2)c2cc(-c3cn4nc(OC)sc4n3)oc2c1. The highest BCUT2D eigenvalue weighted by Gasteiger charge is 2.17. The van der Waals surface area contributed by atoms with Gasteiger partial charge in [0.05, 0.1) is 31.4 Å². The number of halogens is 1. The van der Waals surface area contributed by atoms with E-state index in [-0.39, 0.29) is 12.2 Å². The molecule has 0 saturated heterocycles. The van der Waals surface area contributed by atoms with E-state index in [0.717, 1.165) is 10.9 Å². The number of fused-ring (bicyclic) bond motifs is 2. The Balaban J connectivity index is 1.24. The monoisotopic (exact) mass is 545 g/mol. The number of aromatic nitrogens is 4. The Morgan fingerprint density at radius 2 is 2.03 bits per heavy atom. The highest BCUT2D eigenvalue weighted by atomic mass is 32.1. The molecule has 2 aromatic carbocycles. The van der Waals surface area contributed by atoms with E-state index in [4.69, 9.17) is 18.6 Å². The van der Waals surface area contributed by atoms with Gasteiger partial charge in [0.15, 0.2) is 5.76 Å². The van der Waals surface area contributed by atoms with E-state index in [2.05, 4.69) is 20.4 Å². The van der Waals surface area contributed by atoms with Crippen LogP contribution in [0.15, 0.2) is 71.4 Å². The zero-order chi connectivity index (χ0) is 26.9. The average Bonchev–Trinajstić information content (AvgIpc) is 3.65. The first kappa shape index (κ1) is 24.4. The summed E-state index contributed by atoms with van der Waals surface area (Å²) in [6, 6.07) is 15.4. The molecular formula is C27H20FN5O5S. The quantitative estimate of drug-likeness (QED) is 0.247. The number of furan rings is 1. The third-order valence-electron chi connectivity index (χ3n) is 5.84. The first-order valence-electron chi connectivity index (χ1n) is 11.7. The minimum Gasteiger partial charge on any atom is -0.496 e. The van der Waals surface area contributed by atoms with Crippen molar-refractivity contribution in [1.82, 2.24) is 19.6 Å². The van der Waals surface area contributed by atoms with Gasteiger partial charge in [-0.25, -0.2) is 14.5 Å². The molecule has 0 bridgehead atoms. The number of rotatable bonds is 8. The lowest BCUT2D eigenvalue weighted by Crippen LogP contribution is -2.14. The second kappa shape index (κ2) is 10.1. The Labute approximate surface area is 224 Å². The van der Waals surface area contributed by atoms with Crippen molar-refractivity contribution in [3.05, 3.63) is 84.1 Å². The van der Waals surface area contributed by atoms with Crippen molar-refractivity contribution in [2.75, 3.05) is 19.5 Å². The number of amides is 1. The van der Waals surface area contributed by atoms with E-state index in [1.807, 2.05) is 12.1 Å². The predicted molar refractivity (Wildman–Crippen MR) is 142 cm³/mol. The lowest BCUT2D eigenvalue weighted by molar-refractivity contribution is 0.102. The lowest BCUT2D eigenvalue weighted by atomic mass is 10.2. The van der Waals surface area contributed by atoms with Crippen LogP contribution in [0.1, 0.15) is 15.9 Å². The summed E-state index contributed by atoms with van der Waals surface area (Å²) in [5, 5.41) is 8.25. The van der Waals surface area contributed by atoms with Gasteiger partial charge in [-0.05, 0) is 47.2 Å². The fourth-order valence-electron chi connectivity index (χ4n) is 3.98. The summed E-state index contributed by atoms with van der Waals surface area (Å²) in [6.45, 7) is 0.192. The molecule has 6 aromatic rings. The largest absolute Gasteiger partial charge is 0.496 e.